The molecule has 1 aliphatic heterocycles. The Labute approximate surface area is 98.1 Å². The molecule has 0 amide bonds. The van der Waals surface area contributed by atoms with Crippen molar-refractivity contribution < 1.29 is 9.90 Å². The summed E-state index contributed by atoms with van der Waals surface area (Å²) in [6.45, 7) is 8.46. The van der Waals surface area contributed by atoms with Gasteiger partial charge in [0, 0.05) is 13.1 Å². The third kappa shape index (κ3) is 3.97. The van der Waals surface area contributed by atoms with Crippen LogP contribution in [0.1, 0.15) is 32.6 Å². The summed E-state index contributed by atoms with van der Waals surface area (Å²) in [5.41, 5.74) is 0. The minimum Gasteiger partial charge on any atom is -0.481 e. The van der Waals surface area contributed by atoms with Gasteiger partial charge in [-0.15, -0.1) is 6.58 Å². The first kappa shape index (κ1) is 13.2. The van der Waals surface area contributed by atoms with Crippen LogP contribution >= 0.6 is 0 Å². The first-order valence-corrected chi connectivity index (χ1v) is 6.21. The molecule has 1 heterocycles. The van der Waals surface area contributed by atoms with Crippen molar-refractivity contribution in [1.82, 2.24) is 4.90 Å². The number of hydrogen-bond acceptors (Lipinski definition) is 2. The summed E-state index contributed by atoms with van der Waals surface area (Å²) in [7, 11) is 0. The maximum absolute atomic E-state index is 10.9. The van der Waals surface area contributed by atoms with Gasteiger partial charge in [0.1, 0.15) is 0 Å². The molecule has 1 N–H and O–H groups in total. The molecular weight excluding hydrogens is 202 g/mol. The Morgan fingerprint density at radius 2 is 2.19 bits per heavy atom. The van der Waals surface area contributed by atoms with Gasteiger partial charge in [0.15, 0.2) is 0 Å². The van der Waals surface area contributed by atoms with Gasteiger partial charge < -0.3 is 10.0 Å². The zero-order chi connectivity index (χ0) is 12.0. The fourth-order valence-corrected chi connectivity index (χ4v) is 2.37. The van der Waals surface area contributed by atoms with E-state index >= 15 is 0 Å². The number of likely N-dealkylation sites (tertiary alicyclic amines) is 1. The second kappa shape index (κ2) is 6.69. The number of carboxylic acid groups (broad SMARTS) is 1. The van der Waals surface area contributed by atoms with E-state index in [1.165, 1.54) is 19.3 Å². The van der Waals surface area contributed by atoms with Crippen LogP contribution in [0.3, 0.4) is 0 Å². The van der Waals surface area contributed by atoms with Gasteiger partial charge in [-0.05, 0) is 31.7 Å². The lowest BCUT2D eigenvalue weighted by Crippen LogP contribution is -2.24. The molecule has 0 aromatic heterocycles. The fourth-order valence-electron chi connectivity index (χ4n) is 2.37. The van der Waals surface area contributed by atoms with Gasteiger partial charge in [-0.1, -0.05) is 19.4 Å². The molecule has 0 radical (unpaired) electrons. The van der Waals surface area contributed by atoms with E-state index in [0.29, 0.717) is 5.92 Å². The number of aliphatic carboxylic acids is 1. The summed E-state index contributed by atoms with van der Waals surface area (Å²) >= 11 is 0. The number of unbranched alkanes of at least 4 members (excludes halogenated alkanes) is 3. The zero-order valence-electron chi connectivity index (χ0n) is 10.2. The highest BCUT2D eigenvalue weighted by atomic mass is 16.4. The number of allylic oxidation sites excluding steroid dienone is 1. The van der Waals surface area contributed by atoms with Crippen LogP contribution in [0.4, 0.5) is 0 Å². The van der Waals surface area contributed by atoms with Gasteiger partial charge in [-0.3, -0.25) is 4.79 Å². The third-order valence-electron chi connectivity index (χ3n) is 3.39. The van der Waals surface area contributed by atoms with Crippen molar-refractivity contribution in [3.63, 3.8) is 0 Å². The molecule has 0 aliphatic carbocycles. The number of rotatable bonds is 7. The van der Waals surface area contributed by atoms with E-state index in [1.807, 2.05) is 13.0 Å². The Balaban J connectivity index is 2.15. The van der Waals surface area contributed by atoms with Crippen molar-refractivity contribution in [3.8, 4) is 0 Å². The molecule has 3 heteroatoms. The summed E-state index contributed by atoms with van der Waals surface area (Å²) in [6.07, 6.45) is 6.64. The van der Waals surface area contributed by atoms with Gasteiger partial charge in [-0.2, -0.15) is 0 Å². The monoisotopic (exact) mass is 225 g/mol. The molecular formula is C13H23NO2. The normalized spacial score (nSPS) is 25.8. The molecule has 2 atom stereocenters. The fraction of sp³-hybridized carbons (Fsp3) is 0.769. The van der Waals surface area contributed by atoms with E-state index in [-0.39, 0.29) is 5.92 Å². The standard InChI is InChI=1S/C13H23NO2/c1-3-4-5-6-7-8-14-9-11(2)12(10-14)13(15)16/h3,11-12H,1,4-10H2,2H3,(H,15,16). The second-order valence-electron chi connectivity index (χ2n) is 4.82. The highest BCUT2D eigenvalue weighted by Gasteiger charge is 2.33. The van der Waals surface area contributed by atoms with Crippen LogP contribution in [-0.2, 0) is 4.79 Å². The first-order valence-electron chi connectivity index (χ1n) is 6.21. The Morgan fingerprint density at radius 1 is 1.44 bits per heavy atom. The van der Waals surface area contributed by atoms with Crippen molar-refractivity contribution in [3.05, 3.63) is 12.7 Å². The molecule has 1 rings (SSSR count). The molecule has 0 saturated carbocycles. The van der Waals surface area contributed by atoms with Crippen molar-refractivity contribution in [2.24, 2.45) is 11.8 Å². The first-order chi connectivity index (χ1) is 7.65. The van der Waals surface area contributed by atoms with Crippen molar-refractivity contribution in [1.29, 1.82) is 0 Å². The quantitative estimate of drug-likeness (QED) is 0.534. The lowest BCUT2D eigenvalue weighted by molar-refractivity contribution is -0.142. The van der Waals surface area contributed by atoms with E-state index in [2.05, 4.69) is 11.5 Å². The van der Waals surface area contributed by atoms with Crippen LogP contribution in [0.2, 0.25) is 0 Å². The molecule has 1 saturated heterocycles. The molecule has 2 unspecified atom stereocenters. The minimum atomic E-state index is -0.637. The number of carbonyl (C=O) groups is 1. The summed E-state index contributed by atoms with van der Waals surface area (Å²) < 4.78 is 0. The highest BCUT2D eigenvalue weighted by molar-refractivity contribution is 5.71. The van der Waals surface area contributed by atoms with Crippen molar-refractivity contribution >= 4 is 5.97 Å². The Kier molecular flexibility index (Phi) is 5.53. The summed E-state index contributed by atoms with van der Waals surface area (Å²) in [4.78, 5) is 13.2. The molecule has 16 heavy (non-hydrogen) atoms. The molecule has 0 bridgehead atoms. The van der Waals surface area contributed by atoms with E-state index in [0.717, 1.165) is 26.1 Å². The van der Waals surface area contributed by atoms with Crippen LogP contribution in [-0.4, -0.2) is 35.6 Å². The van der Waals surface area contributed by atoms with Crippen LogP contribution in [0.5, 0.6) is 0 Å². The Bertz CT molecular complexity index is 240. The van der Waals surface area contributed by atoms with Crippen LogP contribution in [0, 0.1) is 11.8 Å². The predicted octanol–water partition coefficient (Wildman–Crippen LogP) is 2.39. The van der Waals surface area contributed by atoms with Crippen LogP contribution in [0.15, 0.2) is 12.7 Å². The van der Waals surface area contributed by atoms with Gasteiger partial charge in [0.25, 0.3) is 0 Å². The SMILES string of the molecule is C=CCCCCCN1CC(C)C(C(=O)O)C1. The van der Waals surface area contributed by atoms with Gasteiger partial charge in [0.2, 0.25) is 0 Å². The zero-order valence-corrected chi connectivity index (χ0v) is 10.2. The van der Waals surface area contributed by atoms with E-state index in [9.17, 15) is 4.79 Å². The van der Waals surface area contributed by atoms with Crippen LogP contribution in [0.25, 0.3) is 0 Å². The summed E-state index contributed by atoms with van der Waals surface area (Å²) in [6, 6.07) is 0. The Hall–Kier alpha value is -0.830. The summed E-state index contributed by atoms with van der Waals surface area (Å²) in [5.74, 6) is -0.500. The van der Waals surface area contributed by atoms with Crippen LogP contribution < -0.4 is 0 Å². The highest BCUT2D eigenvalue weighted by Crippen LogP contribution is 2.23. The van der Waals surface area contributed by atoms with E-state index in [4.69, 9.17) is 5.11 Å². The largest absolute Gasteiger partial charge is 0.481 e. The van der Waals surface area contributed by atoms with E-state index < -0.39 is 5.97 Å². The topological polar surface area (TPSA) is 40.5 Å². The molecule has 1 aliphatic rings. The number of hydrogen-bond donors (Lipinski definition) is 1. The van der Waals surface area contributed by atoms with Crippen molar-refractivity contribution in [2.75, 3.05) is 19.6 Å². The van der Waals surface area contributed by atoms with Gasteiger partial charge in [-0.25, -0.2) is 0 Å². The maximum atomic E-state index is 10.9. The smallest absolute Gasteiger partial charge is 0.308 e. The second-order valence-corrected chi connectivity index (χ2v) is 4.82. The van der Waals surface area contributed by atoms with Gasteiger partial charge >= 0.3 is 5.97 Å². The summed E-state index contributed by atoms with van der Waals surface area (Å²) in [5, 5.41) is 9.01. The Morgan fingerprint density at radius 3 is 2.75 bits per heavy atom. The average Bonchev–Trinajstić information content (AvgIpc) is 2.59. The van der Waals surface area contributed by atoms with Crippen molar-refractivity contribution in [2.45, 2.75) is 32.6 Å². The third-order valence-corrected chi connectivity index (χ3v) is 3.39. The lowest BCUT2D eigenvalue weighted by Gasteiger charge is -2.14. The predicted molar refractivity (Wildman–Crippen MR) is 65.4 cm³/mol. The molecule has 3 nitrogen and oxygen atoms in total. The minimum absolute atomic E-state index is 0.159. The number of nitrogens with zero attached hydrogens (tertiary/aromatic N) is 1. The molecule has 92 valence electrons. The average molecular weight is 225 g/mol. The molecule has 0 spiro atoms. The van der Waals surface area contributed by atoms with Gasteiger partial charge in [0.05, 0.1) is 5.92 Å². The molecule has 1 fully saturated rings. The lowest BCUT2D eigenvalue weighted by atomic mass is 9.99. The van der Waals surface area contributed by atoms with E-state index in [1.54, 1.807) is 0 Å². The molecule has 0 aromatic carbocycles. The maximum Gasteiger partial charge on any atom is 0.308 e. The molecule has 0 aromatic rings. The number of carboxylic acids is 1.